The third-order valence-corrected chi connectivity index (χ3v) is 4.15. The molecular weight excluding hydrogens is 388 g/mol. The molecule has 1 aliphatic rings. The molecule has 3 rings (SSSR count). The van der Waals surface area contributed by atoms with Crippen LogP contribution in [0.3, 0.4) is 0 Å². The molecule has 0 bridgehead atoms. The maximum atomic E-state index is 14.9. The van der Waals surface area contributed by atoms with Crippen molar-refractivity contribution in [1.82, 2.24) is 9.55 Å². The molecule has 1 aromatic carbocycles. The SMILES string of the molecule is O=C(OC1[C@@H](CO)OC(n2ccc(NCl)nc2=O)C1(F)F)c1ccccc1. The largest absolute Gasteiger partial charge is 0.449 e. The summed E-state index contributed by atoms with van der Waals surface area (Å²) in [5.74, 6) is -4.85. The molecule has 1 aliphatic heterocycles. The summed E-state index contributed by atoms with van der Waals surface area (Å²) in [7, 11) is 0. The smallest absolute Gasteiger partial charge is 0.351 e. The number of benzene rings is 1. The Hall–Kier alpha value is -2.56. The van der Waals surface area contributed by atoms with E-state index in [1.807, 2.05) is 0 Å². The van der Waals surface area contributed by atoms with Crippen molar-refractivity contribution in [2.45, 2.75) is 24.4 Å². The molecule has 0 saturated carbocycles. The van der Waals surface area contributed by atoms with Gasteiger partial charge in [-0.05, 0) is 18.2 Å². The number of aliphatic hydroxyl groups excluding tert-OH is 1. The van der Waals surface area contributed by atoms with Crippen molar-refractivity contribution in [2.24, 2.45) is 0 Å². The number of carbonyl (C=O) groups excluding carboxylic acids is 1. The summed E-state index contributed by atoms with van der Waals surface area (Å²) in [6, 6.07) is 8.72. The van der Waals surface area contributed by atoms with Crippen LogP contribution in [0, 0.1) is 0 Å². The first-order valence-corrected chi connectivity index (χ1v) is 8.12. The Balaban J connectivity index is 1.90. The number of nitrogens with zero attached hydrogens (tertiary/aromatic N) is 2. The Bertz CT molecular complexity index is 880. The van der Waals surface area contributed by atoms with Gasteiger partial charge in [-0.25, -0.2) is 9.59 Å². The molecule has 11 heteroatoms. The molecule has 2 aromatic rings. The lowest BCUT2D eigenvalue weighted by molar-refractivity contribution is -0.142. The van der Waals surface area contributed by atoms with Crippen LogP contribution in [-0.2, 0) is 9.47 Å². The Morgan fingerprint density at radius 1 is 1.37 bits per heavy atom. The van der Waals surface area contributed by atoms with Gasteiger partial charge in [-0.15, -0.1) is 0 Å². The molecule has 8 nitrogen and oxygen atoms in total. The third-order valence-electron chi connectivity index (χ3n) is 3.95. The van der Waals surface area contributed by atoms with Crippen molar-refractivity contribution in [3.8, 4) is 0 Å². The number of carbonyl (C=O) groups is 1. The lowest BCUT2D eigenvalue weighted by Crippen LogP contribution is -2.44. The number of rotatable bonds is 5. The molecule has 3 atom stereocenters. The first-order chi connectivity index (χ1) is 12.9. The van der Waals surface area contributed by atoms with E-state index in [4.69, 9.17) is 21.3 Å². The highest BCUT2D eigenvalue weighted by atomic mass is 35.5. The van der Waals surface area contributed by atoms with Crippen LogP contribution in [0.1, 0.15) is 16.6 Å². The average Bonchev–Trinajstić information content (AvgIpc) is 2.92. The van der Waals surface area contributed by atoms with E-state index in [0.717, 1.165) is 6.20 Å². The molecule has 1 saturated heterocycles. The number of alkyl halides is 2. The number of aliphatic hydroxyl groups is 1. The van der Waals surface area contributed by atoms with Crippen molar-refractivity contribution in [2.75, 3.05) is 11.4 Å². The van der Waals surface area contributed by atoms with Crippen molar-refractivity contribution < 1.29 is 28.2 Å². The minimum atomic E-state index is -3.81. The van der Waals surface area contributed by atoms with E-state index in [-0.39, 0.29) is 11.4 Å². The third kappa shape index (κ3) is 3.64. The fraction of sp³-hybridized carbons (Fsp3) is 0.312. The highest BCUT2D eigenvalue weighted by Gasteiger charge is 2.62. The number of hydrogen-bond donors (Lipinski definition) is 2. The summed E-state index contributed by atoms with van der Waals surface area (Å²) in [5, 5.41) is 9.39. The fourth-order valence-electron chi connectivity index (χ4n) is 2.66. The van der Waals surface area contributed by atoms with E-state index < -0.39 is 42.6 Å². The molecule has 2 unspecified atom stereocenters. The summed E-state index contributed by atoms with van der Waals surface area (Å²) >= 11 is 5.32. The summed E-state index contributed by atoms with van der Waals surface area (Å²) in [5.41, 5.74) is -0.998. The molecule has 2 heterocycles. The van der Waals surface area contributed by atoms with Gasteiger partial charge in [0.05, 0.1) is 12.2 Å². The highest BCUT2D eigenvalue weighted by molar-refractivity contribution is 6.23. The standard InChI is InChI=1S/C16H14ClF2N3O5/c17-21-11-6-7-22(15(25)20-11)14-16(18,19)12(10(8-23)26-14)27-13(24)9-4-2-1-3-5-9/h1-7,10,12,14,23H,8H2,(H,20,21,25)/t10-,12?,14?/m1/s1. The van der Waals surface area contributed by atoms with Gasteiger partial charge in [-0.1, -0.05) is 18.2 Å². The van der Waals surface area contributed by atoms with Crippen LogP contribution < -0.4 is 10.5 Å². The number of halogens is 3. The fourth-order valence-corrected chi connectivity index (χ4v) is 2.77. The molecule has 0 aliphatic carbocycles. The molecule has 0 amide bonds. The minimum Gasteiger partial charge on any atom is -0.449 e. The Kier molecular flexibility index (Phi) is 5.40. The Labute approximate surface area is 156 Å². The van der Waals surface area contributed by atoms with Gasteiger partial charge >= 0.3 is 17.6 Å². The molecular formula is C16H14ClF2N3O5. The van der Waals surface area contributed by atoms with Gasteiger partial charge in [0.1, 0.15) is 11.9 Å². The number of ether oxygens (including phenoxy) is 2. The normalized spacial score (nSPS) is 23.8. The van der Waals surface area contributed by atoms with E-state index in [0.29, 0.717) is 4.57 Å². The van der Waals surface area contributed by atoms with Gasteiger partial charge < -0.3 is 14.6 Å². The zero-order valence-electron chi connectivity index (χ0n) is 13.6. The monoisotopic (exact) mass is 401 g/mol. The first kappa shape index (κ1) is 19.2. The number of anilines is 1. The average molecular weight is 402 g/mol. The van der Waals surface area contributed by atoms with E-state index in [1.54, 1.807) is 18.2 Å². The van der Waals surface area contributed by atoms with Crippen molar-refractivity contribution >= 4 is 23.6 Å². The van der Waals surface area contributed by atoms with Crippen molar-refractivity contribution in [3.05, 3.63) is 58.6 Å². The van der Waals surface area contributed by atoms with Crippen LogP contribution in [0.4, 0.5) is 14.6 Å². The van der Waals surface area contributed by atoms with Crippen LogP contribution in [0.5, 0.6) is 0 Å². The first-order valence-electron chi connectivity index (χ1n) is 7.74. The van der Waals surface area contributed by atoms with E-state index >= 15 is 0 Å². The van der Waals surface area contributed by atoms with Crippen molar-refractivity contribution in [3.63, 3.8) is 0 Å². The van der Waals surface area contributed by atoms with E-state index in [9.17, 15) is 23.5 Å². The lowest BCUT2D eigenvalue weighted by atomic mass is 10.1. The Morgan fingerprint density at radius 3 is 2.67 bits per heavy atom. The van der Waals surface area contributed by atoms with Crippen LogP contribution >= 0.6 is 11.8 Å². The van der Waals surface area contributed by atoms with Crippen LogP contribution in [0.25, 0.3) is 0 Å². The van der Waals surface area contributed by atoms with E-state index in [1.165, 1.54) is 18.2 Å². The zero-order chi connectivity index (χ0) is 19.6. The van der Waals surface area contributed by atoms with Gasteiger partial charge in [0, 0.05) is 18.0 Å². The second kappa shape index (κ2) is 7.59. The topological polar surface area (TPSA) is 103 Å². The molecule has 144 valence electrons. The second-order valence-corrected chi connectivity index (χ2v) is 5.86. The molecule has 2 N–H and O–H groups in total. The number of hydrogen-bond acceptors (Lipinski definition) is 7. The maximum absolute atomic E-state index is 14.9. The van der Waals surface area contributed by atoms with E-state index in [2.05, 4.69) is 9.82 Å². The van der Waals surface area contributed by atoms with Gasteiger partial charge in [0.2, 0.25) is 6.23 Å². The summed E-state index contributed by atoms with van der Waals surface area (Å²) in [6.07, 6.45) is -4.74. The van der Waals surface area contributed by atoms with Crippen LogP contribution in [0.15, 0.2) is 47.4 Å². The molecule has 0 spiro atoms. The molecule has 27 heavy (non-hydrogen) atoms. The molecule has 1 fully saturated rings. The zero-order valence-corrected chi connectivity index (χ0v) is 14.3. The maximum Gasteiger partial charge on any atom is 0.351 e. The number of aromatic nitrogens is 2. The number of nitrogens with one attached hydrogen (secondary N) is 1. The van der Waals surface area contributed by atoms with Gasteiger partial charge in [0.25, 0.3) is 0 Å². The highest BCUT2D eigenvalue weighted by Crippen LogP contribution is 2.44. The van der Waals surface area contributed by atoms with Gasteiger partial charge in [0.15, 0.2) is 6.10 Å². The quantitative estimate of drug-likeness (QED) is 0.579. The second-order valence-electron chi connectivity index (χ2n) is 5.67. The lowest BCUT2D eigenvalue weighted by Gasteiger charge is -2.24. The number of esters is 1. The van der Waals surface area contributed by atoms with Gasteiger partial charge in [-0.2, -0.15) is 13.8 Å². The summed E-state index contributed by atoms with van der Waals surface area (Å²) in [6.45, 7) is -0.845. The molecule has 1 aromatic heterocycles. The predicted octanol–water partition coefficient (Wildman–Crippen LogP) is 1.56. The van der Waals surface area contributed by atoms with Gasteiger partial charge in [-0.3, -0.25) is 9.40 Å². The van der Waals surface area contributed by atoms with Crippen LogP contribution in [-0.4, -0.2) is 45.4 Å². The predicted molar refractivity (Wildman–Crippen MR) is 89.6 cm³/mol. The summed E-state index contributed by atoms with van der Waals surface area (Å²) < 4.78 is 40.3. The minimum absolute atomic E-state index is 0.0370. The Morgan fingerprint density at radius 2 is 2.07 bits per heavy atom. The molecule has 0 radical (unpaired) electrons. The summed E-state index contributed by atoms with van der Waals surface area (Å²) in [4.78, 5) is 29.7. The van der Waals surface area contributed by atoms with Crippen LogP contribution in [0.2, 0.25) is 0 Å². The van der Waals surface area contributed by atoms with Crippen molar-refractivity contribution in [1.29, 1.82) is 0 Å².